The van der Waals surface area contributed by atoms with E-state index in [-0.39, 0.29) is 0 Å². The first kappa shape index (κ1) is 22.9. The average molecular weight is 372 g/mol. The molecule has 0 heterocycles. The molecule has 0 bridgehead atoms. The van der Waals surface area contributed by atoms with E-state index in [0.29, 0.717) is 0 Å². The van der Waals surface area contributed by atoms with Crippen LogP contribution < -0.4 is 9.47 Å². The zero-order valence-corrected chi connectivity index (χ0v) is 18.5. The molecule has 3 nitrogen and oxygen atoms in total. The summed E-state index contributed by atoms with van der Waals surface area (Å²) in [5.41, 5.74) is 5.97. The van der Waals surface area contributed by atoms with Crippen LogP contribution in [-0.2, 0) is 0 Å². The third-order valence-corrected chi connectivity index (χ3v) is 4.90. The Kier molecular flexibility index (Phi) is 9.77. The van der Waals surface area contributed by atoms with E-state index in [0.717, 1.165) is 48.6 Å². The number of hydrogen-bond donors (Lipinski definition) is 0. The van der Waals surface area contributed by atoms with Crippen molar-refractivity contribution in [2.45, 2.75) is 54.4 Å². The fourth-order valence-corrected chi connectivity index (χ4v) is 2.96. The maximum Gasteiger partial charge on any atom is 0.126 e. The van der Waals surface area contributed by atoms with E-state index < -0.39 is 0 Å². The molecular formula is C24H37NO2. The number of nitrogens with zero attached hydrogens (tertiary/aromatic N) is 1. The molecule has 1 rings (SSSR count). The molecule has 1 aromatic carbocycles. The van der Waals surface area contributed by atoms with Gasteiger partial charge < -0.3 is 14.4 Å². The second-order valence-electron chi connectivity index (χ2n) is 6.87. The van der Waals surface area contributed by atoms with E-state index in [1.807, 2.05) is 6.92 Å². The first-order valence-electron chi connectivity index (χ1n) is 9.95. The highest BCUT2D eigenvalue weighted by atomic mass is 16.5. The number of ether oxygens (including phenoxy) is 2. The predicted octanol–water partition coefficient (Wildman–Crippen LogP) is 6.39. The van der Waals surface area contributed by atoms with Crippen molar-refractivity contribution in [1.29, 1.82) is 0 Å². The van der Waals surface area contributed by atoms with Crippen molar-refractivity contribution in [3.05, 3.63) is 52.8 Å². The minimum atomic E-state index is 0.851. The Morgan fingerprint density at radius 1 is 1.00 bits per heavy atom. The van der Waals surface area contributed by atoms with Gasteiger partial charge in [-0.25, -0.2) is 0 Å². The molecule has 0 unspecified atom stereocenters. The lowest BCUT2D eigenvalue weighted by Gasteiger charge is -2.24. The van der Waals surface area contributed by atoms with E-state index in [1.54, 1.807) is 14.2 Å². The summed E-state index contributed by atoms with van der Waals surface area (Å²) < 4.78 is 11.0. The van der Waals surface area contributed by atoms with Crippen molar-refractivity contribution in [1.82, 2.24) is 4.90 Å². The second kappa shape index (κ2) is 11.5. The van der Waals surface area contributed by atoms with Gasteiger partial charge in [0.2, 0.25) is 0 Å². The van der Waals surface area contributed by atoms with Crippen molar-refractivity contribution in [2.75, 3.05) is 27.3 Å². The fraction of sp³-hybridized carbons (Fsp3) is 0.500. The summed E-state index contributed by atoms with van der Waals surface area (Å²) in [6, 6.07) is 4.15. The molecule has 0 spiro atoms. The maximum absolute atomic E-state index is 5.52. The van der Waals surface area contributed by atoms with Gasteiger partial charge in [0, 0.05) is 24.4 Å². The molecule has 150 valence electrons. The molecule has 0 atom stereocenters. The third kappa shape index (κ3) is 6.50. The highest BCUT2D eigenvalue weighted by molar-refractivity contribution is 5.69. The predicted molar refractivity (Wildman–Crippen MR) is 118 cm³/mol. The summed E-state index contributed by atoms with van der Waals surface area (Å²) >= 11 is 0. The summed E-state index contributed by atoms with van der Waals surface area (Å²) in [6.07, 6.45) is 8.93. The van der Waals surface area contributed by atoms with Gasteiger partial charge in [0.25, 0.3) is 0 Å². The van der Waals surface area contributed by atoms with Crippen LogP contribution in [0.3, 0.4) is 0 Å². The van der Waals surface area contributed by atoms with Gasteiger partial charge in [-0.15, -0.1) is 0 Å². The molecule has 27 heavy (non-hydrogen) atoms. The molecule has 1 aromatic rings. The zero-order chi connectivity index (χ0) is 20.4. The average Bonchev–Trinajstić information content (AvgIpc) is 2.68. The number of benzene rings is 1. The number of hydrogen-bond acceptors (Lipinski definition) is 3. The van der Waals surface area contributed by atoms with Crippen LogP contribution >= 0.6 is 0 Å². The molecule has 0 aliphatic carbocycles. The normalized spacial score (nSPS) is 13.0. The largest absolute Gasteiger partial charge is 0.496 e. The summed E-state index contributed by atoms with van der Waals surface area (Å²) in [5, 5.41) is 0. The van der Waals surface area contributed by atoms with Crippen LogP contribution in [0, 0.1) is 6.92 Å². The second-order valence-corrected chi connectivity index (χ2v) is 6.87. The standard InChI is InChI=1S/C24H37NO2/c1-9-14-25(11-3)22(15-18(4)10-2)13-12-19(5)21-16-23(26-7)20(6)24(17-21)27-8/h12-13,15-17H,9-11,14H2,1-8H3/b18-15+,19-12+,22-13+. The van der Waals surface area contributed by atoms with Crippen LogP contribution in [0.2, 0.25) is 0 Å². The van der Waals surface area contributed by atoms with Crippen LogP contribution in [0.15, 0.2) is 41.6 Å². The zero-order valence-electron chi connectivity index (χ0n) is 18.5. The molecule has 0 aliphatic rings. The summed E-state index contributed by atoms with van der Waals surface area (Å²) in [5.74, 6) is 1.70. The van der Waals surface area contributed by atoms with Crippen molar-refractivity contribution < 1.29 is 9.47 Å². The lowest BCUT2D eigenvalue weighted by atomic mass is 10.0. The van der Waals surface area contributed by atoms with Gasteiger partial charge in [-0.3, -0.25) is 0 Å². The Morgan fingerprint density at radius 3 is 2.04 bits per heavy atom. The Morgan fingerprint density at radius 2 is 1.59 bits per heavy atom. The van der Waals surface area contributed by atoms with Crippen LogP contribution in [-0.4, -0.2) is 32.2 Å². The van der Waals surface area contributed by atoms with Crippen LogP contribution in [0.1, 0.15) is 58.6 Å². The quantitative estimate of drug-likeness (QED) is 0.445. The molecule has 0 amide bonds. The van der Waals surface area contributed by atoms with E-state index in [1.165, 1.54) is 16.8 Å². The smallest absolute Gasteiger partial charge is 0.126 e. The van der Waals surface area contributed by atoms with Gasteiger partial charge in [0.1, 0.15) is 11.5 Å². The van der Waals surface area contributed by atoms with Gasteiger partial charge in [-0.2, -0.15) is 0 Å². The Labute approximate surface area is 166 Å². The van der Waals surface area contributed by atoms with Gasteiger partial charge >= 0.3 is 0 Å². The topological polar surface area (TPSA) is 21.7 Å². The lowest BCUT2D eigenvalue weighted by Crippen LogP contribution is -2.22. The SMILES string of the molecule is CCCN(CC)C(/C=C(\C)CC)=C/C=C(\C)c1cc(OC)c(C)c(OC)c1. The van der Waals surface area contributed by atoms with Gasteiger partial charge in [0.05, 0.1) is 14.2 Å². The van der Waals surface area contributed by atoms with E-state index in [9.17, 15) is 0 Å². The maximum atomic E-state index is 5.52. The monoisotopic (exact) mass is 371 g/mol. The number of likely N-dealkylation sites (N-methyl/N-ethyl adjacent to an activating group) is 1. The minimum Gasteiger partial charge on any atom is -0.496 e. The van der Waals surface area contributed by atoms with Crippen molar-refractivity contribution in [3.8, 4) is 11.5 Å². The molecule has 0 N–H and O–H groups in total. The molecule has 0 fully saturated rings. The van der Waals surface area contributed by atoms with Crippen LogP contribution in [0.5, 0.6) is 11.5 Å². The Bertz CT molecular complexity index is 673. The molecule has 0 saturated heterocycles. The molecule has 0 aliphatic heterocycles. The highest BCUT2D eigenvalue weighted by Gasteiger charge is 2.09. The van der Waals surface area contributed by atoms with Gasteiger partial charge in [0.15, 0.2) is 0 Å². The Hall–Kier alpha value is -2.16. The van der Waals surface area contributed by atoms with E-state index in [4.69, 9.17) is 9.47 Å². The summed E-state index contributed by atoms with van der Waals surface area (Å²) in [6.45, 7) is 15.0. The van der Waals surface area contributed by atoms with Gasteiger partial charge in [-0.05, 0) is 76.0 Å². The van der Waals surface area contributed by atoms with E-state index >= 15 is 0 Å². The van der Waals surface area contributed by atoms with E-state index in [2.05, 4.69) is 69.9 Å². The number of methoxy groups -OCH3 is 2. The fourth-order valence-electron chi connectivity index (χ4n) is 2.96. The molecule has 0 radical (unpaired) electrons. The first-order valence-corrected chi connectivity index (χ1v) is 9.95. The summed E-state index contributed by atoms with van der Waals surface area (Å²) in [4.78, 5) is 2.43. The molecule has 0 saturated carbocycles. The van der Waals surface area contributed by atoms with Crippen molar-refractivity contribution in [2.24, 2.45) is 0 Å². The van der Waals surface area contributed by atoms with Crippen molar-refractivity contribution >= 4 is 5.57 Å². The van der Waals surface area contributed by atoms with Crippen molar-refractivity contribution in [3.63, 3.8) is 0 Å². The Balaban J connectivity index is 3.34. The summed E-state index contributed by atoms with van der Waals surface area (Å²) in [7, 11) is 3.40. The third-order valence-electron chi connectivity index (χ3n) is 4.90. The van der Waals surface area contributed by atoms with Crippen LogP contribution in [0.4, 0.5) is 0 Å². The lowest BCUT2D eigenvalue weighted by molar-refractivity contribution is 0.373. The number of rotatable bonds is 10. The highest BCUT2D eigenvalue weighted by Crippen LogP contribution is 2.32. The van der Waals surface area contributed by atoms with Crippen LogP contribution in [0.25, 0.3) is 5.57 Å². The minimum absolute atomic E-state index is 0.851. The number of allylic oxidation sites excluding steroid dienone is 5. The first-order chi connectivity index (χ1) is 12.9. The van der Waals surface area contributed by atoms with Gasteiger partial charge in [-0.1, -0.05) is 25.5 Å². The molecule has 0 aromatic heterocycles. The molecular weight excluding hydrogens is 334 g/mol. The molecule has 3 heteroatoms.